The van der Waals surface area contributed by atoms with Crippen LogP contribution in [0.5, 0.6) is 0 Å². The standard InChI is InChI=1S/C17H24N4O5/c1-26-11-10-20-8-6-13(7-9-20)12-18-16(22)17(23)19-14-4-2-3-5-15(14)21(24)25/h2-5,13H,6-12H2,1H3,(H,18,22)(H,19,23). The summed E-state index contributed by atoms with van der Waals surface area (Å²) in [7, 11) is 1.68. The van der Waals surface area contributed by atoms with Gasteiger partial charge >= 0.3 is 11.8 Å². The van der Waals surface area contributed by atoms with Crippen LogP contribution in [0, 0.1) is 16.0 Å². The number of carbonyl (C=O) groups is 2. The average Bonchev–Trinajstić information content (AvgIpc) is 2.65. The van der Waals surface area contributed by atoms with Gasteiger partial charge in [-0.3, -0.25) is 19.7 Å². The maximum Gasteiger partial charge on any atom is 0.313 e. The molecule has 2 N–H and O–H groups in total. The molecule has 1 saturated heterocycles. The van der Waals surface area contributed by atoms with Crippen molar-refractivity contribution in [3.63, 3.8) is 0 Å². The molecule has 1 aliphatic rings. The zero-order valence-corrected chi connectivity index (χ0v) is 14.8. The van der Waals surface area contributed by atoms with Crippen LogP contribution in [0.2, 0.25) is 0 Å². The van der Waals surface area contributed by atoms with Gasteiger partial charge in [0.15, 0.2) is 0 Å². The number of nitro benzene ring substituents is 1. The van der Waals surface area contributed by atoms with Crippen LogP contribution < -0.4 is 10.6 Å². The van der Waals surface area contributed by atoms with E-state index in [-0.39, 0.29) is 11.4 Å². The molecular weight excluding hydrogens is 340 g/mol. The topological polar surface area (TPSA) is 114 Å². The van der Waals surface area contributed by atoms with Gasteiger partial charge < -0.3 is 20.3 Å². The van der Waals surface area contributed by atoms with Gasteiger partial charge in [0.25, 0.3) is 5.69 Å². The predicted octanol–water partition coefficient (Wildman–Crippen LogP) is 1.01. The Balaban J connectivity index is 1.76. The highest BCUT2D eigenvalue weighted by Crippen LogP contribution is 2.23. The van der Waals surface area contributed by atoms with Crippen molar-refractivity contribution in [3.05, 3.63) is 34.4 Å². The minimum Gasteiger partial charge on any atom is -0.383 e. The van der Waals surface area contributed by atoms with E-state index in [9.17, 15) is 19.7 Å². The first-order valence-electron chi connectivity index (χ1n) is 8.55. The van der Waals surface area contributed by atoms with Gasteiger partial charge in [0.05, 0.1) is 11.5 Å². The first-order chi connectivity index (χ1) is 12.5. The Morgan fingerprint density at radius 3 is 2.62 bits per heavy atom. The van der Waals surface area contributed by atoms with Crippen molar-refractivity contribution in [2.45, 2.75) is 12.8 Å². The molecule has 26 heavy (non-hydrogen) atoms. The third-order valence-electron chi connectivity index (χ3n) is 4.43. The molecule has 0 aliphatic carbocycles. The normalized spacial score (nSPS) is 15.4. The Hall–Kier alpha value is -2.52. The molecule has 1 fully saturated rings. The quantitative estimate of drug-likeness (QED) is 0.424. The minimum atomic E-state index is -0.906. The Kier molecular flexibility index (Phi) is 7.49. The highest BCUT2D eigenvalue weighted by molar-refractivity contribution is 6.39. The number of carbonyl (C=O) groups excluding carboxylic acids is 2. The van der Waals surface area contributed by atoms with Crippen LogP contribution in [0.15, 0.2) is 24.3 Å². The van der Waals surface area contributed by atoms with Crippen molar-refractivity contribution in [2.75, 3.05) is 45.2 Å². The number of likely N-dealkylation sites (tertiary alicyclic amines) is 1. The maximum absolute atomic E-state index is 12.0. The molecule has 0 radical (unpaired) electrons. The fourth-order valence-corrected chi connectivity index (χ4v) is 2.87. The fraction of sp³-hybridized carbons (Fsp3) is 0.529. The lowest BCUT2D eigenvalue weighted by Crippen LogP contribution is -2.42. The Morgan fingerprint density at radius 2 is 1.96 bits per heavy atom. The third-order valence-corrected chi connectivity index (χ3v) is 4.43. The first-order valence-corrected chi connectivity index (χ1v) is 8.55. The highest BCUT2D eigenvalue weighted by Gasteiger charge is 2.22. The van der Waals surface area contributed by atoms with Gasteiger partial charge in [-0.05, 0) is 37.9 Å². The summed E-state index contributed by atoms with van der Waals surface area (Å²) in [6, 6.07) is 5.70. The molecule has 0 saturated carbocycles. The molecule has 1 aliphatic heterocycles. The fourth-order valence-electron chi connectivity index (χ4n) is 2.87. The van der Waals surface area contributed by atoms with Gasteiger partial charge in [0, 0.05) is 26.3 Å². The molecule has 0 bridgehead atoms. The number of ether oxygens (including phenoxy) is 1. The smallest absolute Gasteiger partial charge is 0.313 e. The zero-order valence-electron chi connectivity index (χ0n) is 14.8. The number of piperidine rings is 1. The number of nitrogens with zero attached hydrogens (tertiary/aromatic N) is 2. The lowest BCUT2D eigenvalue weighted by atomic mass is 9.97. The molecule has 2 amide bonds. The zero-order chi connectivity index (χ0) is 18.9. The molecule has 142 valence electrons. The van der Waals surface area contributed by atoms with Gasteiger partial charge in [-0.2, -0.15) is 0 Å². The van der Waals surface area contributed by atoms with E-state index in [0.29, 0.717) is 19.1 Å². The summed E-state index contributed by atoms with van der Waals surface area (Å²) < 4.78 is 5.06. The summed E-state index contributed by atoms with van der Waals surface area (Å²) in [6.07, 6.45) is 1.88. The van der Waals surface area contributed by atoms with Crippen molar-refractivity contribution < 1.29 is 19.2 Å². The summed E-state index contributed by atoms with van der Waals surface area (Å²) in [5.41, 5.74) is -0.249. The van der Waals surface area contributed by atoms with Gasteiger partial charge in [-0.25, -0.2) is 0 Å². The number of rotatable bonds is 7. The van der Waals surface area contributed by atoms with Crippen LogP contribution in [0.1, 0.15) is 12.8 Å². The van der Waals surface area contributed by atoms with Gasteiger partial charge in [0.1, 0.15) is 5.69 Å². The van der Waals surface area contributed by atoms with Crippen molar-refractivity contribution in [1.82, 2.24) is 10.2 Å². The van der Waals surface area contributed by atoms with Crippen molar-refractivity contribution in [2.24, 2.45) is 5.92 Å². The number of anilines is 1. The monoisotopic (exact) mass is 364 g/mol. The summed E-state index contributed by atoms with van der Waals surface area (Å²) in [5.74, 6) is -1.38. The second-order valence-corrected chi connectivity index (χ2v) is 6.22. The van der Waals surface area contributed by atoms with Crippen LogP contribution in [-0.2, 0) is 14.3 Å². The Bertz CT molecular complexity index is 644. The van der Waals surface area contributed by atoms with E-state index in [0.717, 1.165) is 32.5 Å². The molecule has 1 aromatic rings. The summed E-state index contributed by atoms with van der Waals surface area (Å²) in [6.45, 7) is 3.89. The summed E-state index contributed by atoms with van der Waals surface area (Å²) in [5, 5.41) is 15.8. The maximum atomic E-state index is 12.0. The lowest BCUT2D eigenvalue weighted by Gasteiger charge is -2.31. The number of amides is 2. The number of methoxy groups -OCH3 is 1. The molecule has 0 aromatic heterocycles. The Morgan fingerprint density at radius 1 is 1.27 bits per heavy atom. The first kappa shape index (κ1) is 19.8. The van der Waals surface area contributed by atoms with Crippen LogP contribution in [0.3, 0.4) is 0 Å². The van der Waals surface area contributed by atoms with E-state index >= 15 is 0 Å². The summed E-state index contributed by atoms with van der Waals surface area (Å²) in [4.78, 5) is 36.6. The molecule has 2 rings (SSSR count). The van der Waals surface area contributed by atoms with Crippen LogP contribution in [0.4, 0.5) is 11.4 Å². The lowest BCUT2D eigenvalue weighted by molar-refractivity contribution is -0.383. The van der Waals surface area contributed by atoms with Crippen molar-refractivity contribution >= 4 is 23.2 Å². The molecule has 9 heteroatoms. The molecule has 9 nitrogen and oxygen atoms in total. The molecular formula is C17H24N4O5. The number of nitro groups is 1. The van der Waals surface area contributed by atoms with E-state index < -0.39 is 16.7 Å². The average molecular weight is 364 g/mol. The third kappa shape index (κ3) is 5.78. The highest BCUT2D eigenvalue weighted by atomic mass is 16.6. The van der Waals surface area contributed by atoms with E-state index in [2.05, 4.69) is 15.5 Å². The molecule has 0 spiro atoms. The van der Waals surface area contributed by atoms with Crippen molar-refractivity contribution in [1.29, 1.82) is 0 Å². The second-order valence-electron chi connectivity index (χ2n) is 6.22. The second kappa shape index (κ2) is 9.83. The molecule has 1 aromatic carbocycles. The van der Waals surface area contributed by atoms with Gasteiger partial charge in [-0.15, -0.1) is 0 Å². The van der Waals surface area contributed by atoms with Crippen LogP contribution in [0.25, 0.3) is 0 Å². The summed E-state index contributed by atoms with van der Waals surface area (Å²) >= 11 is 0. The van der Waals surface area contributed by atoms with Crippen LogP contribution in [-0.4, -0.2) is 61.5 Å². The van der Waals surface area contributed by atoms with E-state index in [4.69, 9.17) is 4.74 Å². The van der Waals surface area contributed by atoms with Gasteiger partial charge in [0.2, 0.25) is 0 Å². The number of para-hydroxylation sites is 2. The van der Waals surface area contributed by atoms with Gasteiger partial charge in [-0.1, -0.05) is 12.1 Å². The number of benzene rings is 1. The molecule has 0 atom stereocenters. The van der Waals surface area contributed by atoms with Crippen LogP contribution >= 0.6 is 0 Å². The van der Waals surface area contributed by atoms with E-state index in [1.807, 2.05) is 0 Å². The predicted molar refractivity (Wildman–Crippen MR) is 95.8 cm³/mol. The minimum absolute atomic E-state index is 0.00380. The number of hydrogen-bond donors (Lipinski definition) is 2. The number of nitrogens with one attached hydrogen (secondary N) is 2. The molecule has 1 heterocycles. The van der Waals surface area contributed by atoms with E-state index in [1.54, 1.807) is 13.2 Å². The Labute approximate surface area is 151 Å². The number of hydrogen-bond acceptors (Lipinski definition) is 6. The molecule has 0 unspecified atom stereocenters. The van der Waals surface area contributed by atoms with Crippen molar-refractivity contribution in [3.8, 4) is 0 Å². The largest absolute Gasteiger partial charge is 0.383 e. The van der Waals surface area contributed by atoms with E-state index in [1.165, 1.54) is 18.2 Å². The SMILES string of the molecule is COCCN1CCC(CNC(=O)C(=O)Nc2ccccc2[N+](=O)[O-])CC1.